The van der Waals surface area contributed by atoms with Crippen molar-refractivity contribution in [3.05, 3.63) is 17.7 Å². The van der Waals surface area contributed by atoms with Gasteiger partial charge >= 0.3 is 5.97 Å². The van der Waals surface area contributed by atoms with Gasteiger partial charge in [0.05, 0.1) is 27.8 Å². The van der Waals surface area contributed by atoms with Crippen molar-refractivity contribution in [1.29, 1.82) is 0 Å². The van der Waals surface area contributed by atoms with Gasteiger partial charge in [0.1, 0.15) is 0 Å². The Balaban J connectivity index is 2.70. The lowest BCUT2D eigenvalue weighted by atomic mass is 10.1. The monoisotopic (exact) mass is 325 g/mol. The van der Waals surface area contributed by atoms with Gasteiger partial charge in [-0.2, -0.15) is 0 Å². The fraction of sp³-hybridized carbons (Fsp3) is 0.500. The Labute approximate surface area is 135 Å². The summed E-state index contributed by atoms with van der Waals surface area (Å²) in [5.41, 5.74) is 0.862. The highest BCUT2D eigenvalue weighted by Crippen LogP contribution is 2.38. The summed E-state index contributed by atoms with van der Waals surface area (Å²) in [5.74, 6) is 0.413. The Morgan fingerprint density at radius 3 is 2.13 bits per heavy atom. The van der Waals surface area contributed by atoms with Crippen molar-refractivity contribution in [2.75, 3.05) is 21.3 Å². The minimum Gasteiger partial charge on any atom is -0.493 e. The van der Waals surface area contributed by atoms with Crippen molar-refractivity contribution in [2.45, 2.75) is 32.2 Å². The molecule has 0 saturated carbocycles. The van der Waals surface area contributed by atoms with E-state index in [4.69, 9.17) is 19.3 Å². The molecule has 1 aromatic carbocycles. The lowest BCUT2D eigenvalue weighted by molar-refractivity contribution is -0.137. The van der Waals surface area contributed by atoms with Gasteiger partial charge in [-0.25, -0.2) is 0 Å². The van der Waals surface area contributed by atoms with Crippen LogP contribution >= 0.6 is 0 Å². The molecule has 1 amide bonds. The lowest BCUT2D eigenvalue weighted by Gasteiger charge is -2.15. The second-order valence-electron chi connectivity index (χ2n) is 5.10. The number of amides is 1. The number of ether oxygens (including phenoxy) is 3. The summed E-state index contributed by atoms with van der Waals surface area (Å²) < 4.78 is 15.8. The van der Waals surface area contributed by atoms with Gasteiger partial charge in [0.25, 0.3) is 0 Å². The molecule has 0 aliphatic heterocycles. The van der Waals surface area contributed by atoms with Gasteiger partial charge in [-0.1, -0.05) is 0 Å². The third kappa shape index (κ3) is 5.69. The standard InChI is InChI=1S/C16H23NO6/c1-10(7-15(19)20)17-14(18)6-5-11-8-12(21-2)16(23-4)13(9-11)22-3/h8-10H,5-7H2,1-4H3,(H,17,18)(H,19,20). The first-order chi connectivity index (χ1) is 10.9. The van der Waals surface area contributed by atoms with Gasteiger partial charge in [0, 0.05) is 12.5 Å². The van der Waals surface area contributed by atoms with Crippen LogP contribution in [0.2, 0.25) is 0 Å². The van der Waals surface area contributed by atoms with Crippen molar-refractivity contribution >= 4 is 11.9 Å². The largest absolute Gasteiger partial charge is 0.493 e. The van der Waals surface area contributed by atoms with Crippen LogP contribution in [0.25, 0.3) is 0 Å². The number of rotatable bonds is 9. The first kappa shape index (κ1) is 18.6. The lowest BCUT2D eigenvalue weighted by Crippen LogP contribution is -2.34. The Kier molecular flexibility index (Phi) is 7.18. The fourth-order valence-corrected chi connectivity index (χ4v) is 2.20. The van der Waals surface area contributed by atoms with E-state index in [2.05, 4.69) is 5.32 Å². The molecule has 1 atom stereocenters. The van der Waals surface area contributed by atoms with Crippen LogP contribution in [-0.2, 0) is 16.0 Å². The first-order valence-corrected chi connectivity index (χ1v) is 7.21. The third-order valence-corrected chi connectivity index (χ3v) is 3.25. The molecule has 0 heterocycles. The molecule has 0 aliphatic carbocycles. The summed E-state index contributed by atoms with van der Waals surface area (Å²) in [4.78, 5) is 22.4. The quantitative estimate of drug-likeness (QED) is 0.716. The average Bonchev–Trinajstić information content (AvgIpc) is 2.50. The molecule has 0 radical (unpaired) electrons. The summed E-state index contributed by atoms with van der Waals surface area (Å²) in [7, 11) is 4.58. The van der Waals surface area contributed by atoms with Crippen molar-refractivity contribution in [3.8, 4) is 17.2 Å². The molecule has 128 valence electrons. The normalized spacial score (nSPS) is 11.5. The van der Waals surface area contributed by atoms with E-state index in [0.29, 0.717) is 23.7 Å². The van der Waals surface area contributed by atoms with Gasteiger partial charge in [0.2, 0.25) is 11.7 Å². The topological polar surface area (TPSA) is 94.1 Å². The molecule has 0 saturated heterocycles. The highest BCUT2D eigenvalue weighted by Gasteiger charge is 2.15. The summed E-state index contributed by atoms with van der Waals surface area (Å²) in [6.45, 7) is 1.66. The van der Waals surface area contributed by atoms with Gasteiger partial charge in [-0.15, -0.1) is 0 Å². The van der Waals surface area contributed by atoms with E-state index in [-0.39, 0.29) is 18.7 Å². The number of carboxylic acid groups (broad SMARTS) is 1. The zero-order valence-electron chi connectivity index (χ0n) is 13.8. The SMILES string of the molecule is COc1cc(CCC(=O)NC(C)CC(=O)O)cc(OC)c1OC. The van der Waals surface area contributed by atoms with Gasteiger partial charge < -0.3 is 24.6 Å². The van der Waals surface area contributed by atoms with Crippen molar-refractivity contribution in [3.63, 3.8) is 0 Å². The zero-order valence-corrected chi connectivity index (χ0v) is 13.8. The van der Waals surface area contributed by atoms with Crippen molar-refractivity contribution in [2.24, 2.45) is 0 Å². The van der Waals surface area contributed by atoms with Crippen LogP contribution in [0.15, 0.2) is 12.1 Å². The van der Waals surface area contributed by atoms with E-state index in [1.807, 2.05) is 0 Å². The molecule has 7 heteroatoms. The molecule has 2 N–H and O–H groups in total. The van der Waals surface area contributed by atoms with E-state index in [1.54, 1.807) is 19.1 Å². The molecular weight excluding hydrogens is 302 g/mol. The second-order valence-corrected chi connectivity index (χ2v) is 5.10. The Morgan fingerprint density at radius 1 is 1.13 bits per heavy atom. The predicted molar refractivity (Wildman–Crippen MR) is 84.3 cm³/mol. The van der Waals surface area contributed by atoms with Crippen LogP contribution < -0.4 is 19.5 Å². The smallest absolute Gasteiger partial charge is 0.305 e. The average molecular weight is 325 g/mol. The maximum atomic E-state index is 11.8. The summed E-state index contributed by atoms with van der Waals surface area (Å²) in [6, 6.07) is 3.17. The molecule has 0 fully saturated rings. The van der Waals surface area contributed by atoms with Crippen LogP contribution in [0.1, 0.15) is 25.3 Å². The molecule has 7 nitrogen and oxygen atoms in total. The van der Waals surface area contributed by atoms with E-state index in [0.717, 1.165) is 5.56 Å². The number of aryl methyl sites for hydroxylation is 1. The highest BCUT2D eigenvalue weighted by atomic mass is 16.5. The number of hydrogen-bond acceptors (Lipinski definition) is 5. The van der Waals surface area contributed by atoms with Gasteiger partial charge in [0.15, 0.2) is 11.5 Å². The number of methoxy groups -OCH3 is 3. The highest BCUT2D eigenvalue weighted by molar-refractivity contribution is 5.77. The predicted octanol–water partition coefficient (Wildman–Crippen LogP) is 1.62. The van der Waals surface area contributed by atoms with E-state index >= 15 is 0 Å². The number of carboxylic acids is 1. The summed E-state index contributed by atoms with van der Waals surface area (Å²) in [6.07, 6.45) is 0.612. The van der Waals surface area contributed by atoms with E-state index < -0.39 is 12.0 Å². The van der Waals surface area contributed by atoms with Crippen LogP contribution in [-0.4, -0.2) is 44.4 Å². The van der Waals surface area contributed by atoms with Gasteiger partial charge in [-0.05, 0) is 31.0 Å². The summed E-state index contributed by atoms with van der Waals surface area (Å²) >= 11 is 0. The second kappa shape index (κ2) is 8.87. The molecule has 1 unspecified atom stereocenters. The molecule has 0 spiro atoms. The Morgan fingerprint density at radius 2 is 1.70 bits per heavy atom. The maximum absolute atomic E-state index is 11.8. The molecule has 23 heavy (non-hydrogen) atoms. The number of aliphatic carboxylic acids is 1. The van der Waals surface area contributed by atoms with E-state index in [9.17, 15) is 9.59 Å². The molecule has 1 rings (SSSR count). The van der Waals surface area contributed by atoms with Crippen LogP contribution in [0, 0.1) is 0 Å². The van der Waals surface area contributed by atoms with Crippen LogP contribution in [0.3, 0.4) is 0 Å². The van der Waals surface area contributed by atoms with Crippen molar-refractivity contribution < 1.29 is 28.9 Å². The number of carbonyl (C=O) groups is 2. The maximum Gasteiger partial charge on any atom is 0.305 e. The molecule has 1 aromatic rings. The zero-order chi connectivity index (χ0) is 17.4. The number of carbonyl (C=O) groups excluding carboxylic acids is 1. The molecular formula is C16H23NO6. The molecule has 0 aliphatic rings. The summed E-state index contributed by atoms with van der Waals surface area (Å²) in [5, 5.41) is 11.3. The minimum atomic E-state index is -0.942. The molecule has 0 bridgehead atoms. The first-order valence-electron chi connectivity index (χ1n) is 7.21. The Bertz CT molecular complexity index is 532. The fourth-order valence-electron chi connectivity index (χ4n) is 2.20. The van der Waals surface area contributed by atoms with E-state index in [1.165, 1.54) is 21.3 Å². The third-order valence-electron chi connectivity index (χ3n) is 3.25. The molecule has 0 aromatic heterocycles. The number of benzene rings is 1. The van der Waals surface area contributed by atoms with Crippen molar-refractivity contribution in [1.82, 2.24) is 5.32 Å². The Hall–Kier alpha value is -2.44. The van der Waals surface area contributed by atoms with Gasteiger partial charge in [-0.3, -0.25) is 9.59 Å². The minimum absolute atomic E-state index is 0.101. The number of nitrogens with one attached hydrogen (secondary N) is 1. The van der Waals surface area contributed by atoms with Crippen LogP contribution in [0.5, 0.6) is 17.2 Å². The van der Waals surface area contributed by atoms with Crippen LogP contribution in [0.4, 0.5) is 0 Å². The number of hydrogen-bond donors (Lipinski definition) is 2.